The van der Waals surface area contributed by atoms with E-state index in [4.69, 9.17) is 5.26 Å². The van der Waals surface area contributed by atoms with Gasteiger partial charge < -0.3 is 14.9 Å². The van der Waals surface area contributed by atoms with Gasteiger partial charge in [0.25, 0.3) is 5.91 Å². The molecule has 0 saturated carbocycles. The van der Waals surface area contributed by atoms with Crippen LogP contribution in [0.1, 0.15) is 21.5 Å². The third-order valence-electron chi connectivity index (χ3n) is 4.76. The number of hydrogen-bond donors (Lipinski definition) is 1. The molecule has 1 aliphatic rings. The molecule has 5 nitrogen and oxygen atoms in total. The van der Waals surface area contributed by atoms with E-state index in [-0.39, 0.29) is 31.3 Å². The van der Waals surface area contributed by atoms with Crippen LogP contribution in [0, 0.1) is 11.3 Å². The van der Waals surface area contributed by atoms with Crippen LogP contribution in [0.2, 0.25) is 0 Å². The van der Waals surface area contributed by atoms with E-state index >= 15 is 0 Å². The summed E-state index contributed by atoms with van der Waals surface area (Å²) in [6.45, 7) is 0.448. The number of aliphatic hydroxyl groups excluding tert-OH is 1. The van der Waals surface area contributed by atoms with Crippen LogP contribution in [-0.2, 0) is 6.18 Å². The highest BCUT2D eigenvalue weighted by Gasteiger charge is 2.36. The Balaban J connectivity index is 1.84. The second-order valence-electron chi connectivity index (χ2n) is 6.49. The second kappa shape index (κ2) is 7.90. The molecular formula is C20H18F3N3O2. The lowest BCUT2D eigenvalue weighted by Gasteiger charge is -2.42. The zero-order valence-electron chi connectivity index (χ0n) is 14.9. The van der Waals surface area contributed by atoms with E-state index in [1.807, 2.05) is 0 Å². The zero-order chi connectivity index (χ0) is 20.3. The molecule has 1 N–H and O–H groups in total. The van der Waals surface area contributed by atoms with Gasteiger partial charge in [-0.3, -0.25) is 4.79 Å². The Kier molecular flexibility index (Phi) is 5.56. The van der Waals surface area contributed by atoms with E-state index < -0.39 is 23.3 Å². The molecule has 1 atom stereocenters. The molecule has 2 aromatic carbocycles. The van der Waals surface area contributed by atoms with Crippen molar-refractivity contribution in [2.24, 2.45) is 0 Å². The lowest BCUT2D eigenvalue weighted by molar-refractivity contribution is -0.137. The molecule has 0 aliphatic carbocycles. The first-order valence-corrected chi connectivity index (χ1v) is 8.68. The first-order chi connectivity index (χ1) is 13.3. The van der Waals surface area contributed by atoms with Gasteiger partial charge >= 0.3 is 6.18 Å². The molecule has 0 aromatic heterocycles. The summed E-state index contributed by atoms with van der Waals surface area (Å²) in [5, 5.41) is 18.7. The van der Waals surface area contributed by atoms with Crippen LogP contribution < -0.4 is 4.90 Å². The molecule has 8 heteroatoms. The highest BCUT2D eigenvalue weighted by atomic mass is 19.4. The Labute approximate surface area is 160 Å². The summed E-state index contributed by atoms with van der Waals surface area (Å²) in [4.78, 5) is 15.8. The number of anilines is 1. The van der Waals surface area contributed by atoms with E-state index in [1.54, 1.807) is 46.2 Å². The fourth-order valence-corrected chi connectivity index (χ4v) is 3.34. The number of hydrogen-bond acceptors (Lipinski definition) is 4. The van der Waals surface area contributed by atoms with Gasteiger partial charge in [0, 0.05) is 30.9 Å². The Morgan fingerprint density at radius 1 is 1.18 bits per heavy atom. The van der Waals surface area contributed by atoms with E-state index in [1.165, 1.54) is 6.07 Å². The highest BCUT2D eigenvalue weighted by molar-refractivity contribution is 5.94. The monoisotopic (exact) mass is 389 g/mol. The van der Waals surface area contributed by atoms with Gasteiger partial charge in [-0.2, -0.15) is 18.4 Å². The fraction of sp³-hybridized carbons (Fsp3) is 0.300. The van der Waals surface area contributed by atoms with Gasteiger partial charge in [-0.15, -0.1) is 0 Å². The van der Waals surface area contributed by atoms with E-state index in [2.05, 4.69) is 0 Å². The number of benzene rings is 2. The number of alkyl halides is 3. The van der Waals surface area contributed by atoms with Crippen LogP contribution in [0.5, 0.6) is 0 Å². The van der Waals surface area contributed by atoms with Gasteiger partial charge in [0.15, 0.2) is 0 Å². The maximum Gasteiger partial charge on any atom is 0.417 e. The maximum absolute atomic E-state index is 13.2. The molecule has 0 radical (unpaired) electrons. The number of nitrogens with zero attached hydrogens (tertiary/aromatic N) is 3. The molecule has 3 rings (SSSR count). The van der Waals surface area contributed by atoms with Crippen molar-refractivity contribution >= 4 is 11.6 Å². The van der Waals surface area contributed by atoms with Crippen molar-refractivity contribution in [1.29, 1.82) is 5.26 Å². The van der Waals surface area contributed by atoms with E-state index in [9.17, 15) is 23.1 Å². The number of halogens is 3. The first kappa shape index (κ1) is 19.7. The predicted octanol–water partition coefficient (Wildman–Crippen LogP) is 2.90. The summed E-state index contributed by atoms with van der Waals surface area (Å²) >= 11 is 0. The molecule has 1 unspecified atom stereocenters. The van der Waals surface area contributed by atoms with Gasteiger partial charge in [-0.1, -0.05) is 18.2 Å². The van der Waals surface area contributed by atoms with Gasteiger partial charge in [0.1, 0.15) is 0 Å². The number of carbonyl (C=O) groups is 1. The molecular weight excluding hydrogens is 371 g/mol. The number of amides is 1. The van der Waals surface area contributed by atoms with Crippen molar-refractivity contribution < 1.29 is 23.1 Å². The quantitative estimate of drug-likeness (QED) is 0.877. The van der Waals surface area contributed by atoms with E-state index in [0.717, 1.165) is 12.1 Å². The summed E-state index contributed by atoms with van der Waals surface area (Å²) in [5.74, 6) is -0.186. The van der Waals surface area contributed by atoms with Crippen molar-refractivity contribution in [3.63, 3.8) is 0 Å². The molecule has 2 aromatic rings. The number of nitriles is 1. The summed E-state index contributed by atoms with van der Waals surface area (Å²) < 4.78 is 39.7. The number of carbonyl (C=O) groups excluding carboxylic acids is 1. The lowest BCUT2D eigenvalue weighted by Crippen LogP contribution is -2.56. The molecule has 1 saturated heterocycles. The summed E-state index contributed by atoms with van der Waals surface area (Å²) in [5.41, 5.74) is -0.677. The fourth-order valence-electron chi connectivity index (χ4n) is 3.34. The third-order valence-corrected chi connectivity index (χ3v) is 4.76. The van der Waals surface area contributed by atoms with Gasteiger partial charge in [-0.25, -0.2) is 0 Å². The van der Waals surface area contributed by atoms with Gasteiger partial charge in [0.2, 0.25) is 0 Å². The normalized spacial score (nSPS) is 17.3. The largest absolute Gasteiger partial charge is 0.417 e. The Morgan fingerprint density at radius 2 is 1.89 bits per heavy atom. The molecule has 28 heavy (non-hydrogen) atoms. The Morgan fingerprint density at radius 3 is 2.50 bits per heavy atom. The predicted molar refractivity (Wildman–Crippen MR) is 96.7 cm³/mol. The molecule has 1 heterocycles. The summed E-state index contributed by atoms with van der Waals surface area (Å²) in [6, 6.07) is 13.2. The van der Waals surface area contributed by atoms with Crippen molar-refractivity contribution in [1.82, 2.24) is 4.90 Å². The van der Waals surface area contributed by atoms with Crippen LogP contribution in [0.15, 0.2) is 48.5 Å². The zero-order valence-corrected chi connectivity index (χ0v) is 14.9. The van der Waals surface area contributed by atoms with Crippen LogP contribution in [-0.4, -0.2) is 48.2 Å². The van der Waals surface area contributed by atoms with Gasteiger partial charge in [-0.05, 0) is 30.3 Å². The molecule has 0 bridgehead atoms. The minimum Gasteiger partial charge on any atom is -0.394 e. The first-order valence-electron chi connectivity index (χ1n) is 8.68. The average Bonchev–Trinajstić information content (AvgIpc) is 2.72. The van der Waals surface area contributed by atoms with Crippen molar-refractivity contribution in [3.05, 3.63) is 65.2 Å². The van der Waals surface area contributed by atoms with E-state index in [0.29, 0.717) is 12.1 Å². The topological polar surface area (TPSA) is 67.6 Å². The average molecular weight is 389 g/mol. The Bertz CT molecular complexity index is 894. The summed E-state index contributed by atoms with van der Waals surface area (Å²) in [7, 11) is 0. The lowest BCUT2D eigenvalue weighted by atomic mass is 10.0. The van der Waals surface area contributed by atoms with Crippen LogP contribution in [0.4, 0.5) is 18.9 Å². The van der Waals surface area contributed by atoms with Crippen molar-refractivity contribution in [3.8, 4) is 6.07 Å². The Hall–Kier alpha value is -3.05. The SMILES string of the molecule is N#Cc1ccc(N2CCN(C(=O)c3ccccc3)CC2CO)cc1C(F)(F)F. The molecule has 1 amide bonds. The molecule has 1 aliphatic heterocycles. The summed E-state index contributed by atoms with van der Waals surface area (Å²) in [6.07, 6.45) is -4.65. The number of aliphatic hydroxyl groups is 1. The van der Waals surface area contributed by atoms with Crippen molar-refractivity contribution in [2.75, 3.05) is 31.1 Å². The smallest absolute Gasteiger partial charge is 0.394 e. The third kappa shape index (κ3) is 3.94. The standard InChI is InChI=1S/C20H18F3N3O2/c21-20(22,23)18-10-16(7-6-15(18)11-24)26-9-8-25(12-17(26)13-27)19(28)14-4-2-1-3-5-14/h1-7,10,17,27H,8-9,12-13H2. The number of piperazine rings is 1. The minimum absolute atomic E-state index is 0.186. The van der Waals surface area contributed by atoms with Gasteiger partial charge in [0.05, 0.1) is 29.8 Å². The van der Waals surface area contributed by atoms with Crippen molar-refractivity contribution in [2.45, 2.75) is 12.2 Å². The molecule has 0 spiro atoms. The van der Waals surface area contributed by atoms with Crippen LogP contribution >= 0.6 is 0 Å². The van der Waals surface area contributed by atoms with Crippen LogP contribution in [0.3, 0.4) is 0 Å². The maximum atomic E-state index is 13.2. The highest BCUT2D eigenvalue weighted by Crippen LogP contribution is 2.35. The molecule has 1 fully saturated rings. The van der Waals surface area contributed by atoms with Crippen LogP contribution in [0.25, 0.3) is 0 Å². The second-order valence-corrected chi connectivity index (χ2v) is 6.49. The minimum atomic E-state index is -4.65. The molecule has 146 valence electrons. The number of rotatable bonds is 3.